The van der Waals surface area contributed by atoms with Gasteiger partial charge in [0.15, 0.2) is 0 Å². The highest BCUT2D eigenvalue weighted by Gasteiger charge is 2.24. The van der Waals surface area contributed by atoms with Gasteiger partial charge in [-0.2, -0.15) is 0 Å². The number of fused-ring (bicyclic) bond motifs is 1. The van der Waals surface area contributed by atoms with Gasteiger partial charge >= 0.3 is 5.97 Å². The first kappa shape index (κ1) is 13.2. The molecule has 4 nitrogen and oxygen atoms in total. The molecule has 1 saturated carbocycles. The molecule has 0 spiro atoms. The fourth-order valence-corrected chi connectivity index (χ4v) is 3.20. The Morgan fingerprint density at radius 1 is 1.30 bits per heavy atom. The Morgan fingerprint density at radius 2 is 1.95 bits per heavy atom. The summed E-state index contributed by atoms with van der Waals surface area (Å²) in [4.78, 5) is 15.9. The smallest absolute Gasteiger partial charge is 0.323 e. The van der Waals surface area contributed by atoms with E-state index in [-0.39, 0.29) is 6.54 Å². The zero-order valence-electron chi connectivity index (χ0n) is 12.0. The van der Waals surface area contributed by atoms with E-state index >= 15 is 0 Å². The molecule has 0 unspecified atom stereocenters. The molecule has 0 amide bonds. The number of benzene rings is 1. The predicted molar refractivity (Wildman–Crippen MR) is 78.1 cm³/mol. The molecule has 2 aromatic rings. The Hall–Kier alpha value is -1.84. The van der Waals surface area contributed by atoms with Crippen LogP contribution in [0.2, 0.25) is 0 Å². The molecule has 0 atom stereocenters. The van der Waals surface area contributed by atoms with Gasteiger partial charge in [0, 0.05) is 5.92 Å². The van der Waals surface area contributed by atoms with Gasteiger partial charge in [0.1, 0.15) is 12.4 Å². The van der Waals surface area contributed by atoms with E-state index in [1.807, 2.05) is 4.57 Å². The van der Waals surface area contributed by atoms with Crippen LogP contribution in [0, 0.1) is 13.8 Å². The van der Waals surface area contributed by atoms with Crippen molar-refractivity contribution in [3.63, 3.8) is 0 Å². The van der Waals surface area contributed by atoms with Gasteiger partial charge in [-0.1, -0.05) is 12.8 Å². The van der Waals surface area contributed by atoms with Gasteiger partial charge in [0.25, 0.3) is 0 Å². The maximum Gasteiger partial charge on any atom is 0.323 e. The molecule has 1 aliphatic rings. The van der Waals surface area contributed by atoms with Crippen LogP contribution in [0.1, 0.15) is 48.6 Å². The third-order valence-corrected chi connectivity index (χ3v) is 4.41. The van der Waals surface area contributed by atoms with Crippen LogP contribution >= 0.6 is 0 Å². The molecule has 1 heterocycles. The van der Waals surface area contributed by atoms with Gasteiger partial charge in [0.2, 0.25) is 0 Å². The second kappa shape index (κ2) is 4.93. The Kier molecular flexibility index (Phi) is 3.24. The quantitative estimate of drug-likeness (QED) is 0.931. The normalized spacial score (nSPS) is 16.1. The lowest BCUT2D eigenvalue weighted by molar-refractivity contribution is -0.137. The Balaban J connectivity index is 2.18. The second-order valence-corrected chi connectivity index (χ2v) is 5.86. The van der Waals surface area contributed by atoms with Crippen molar-refractivity contribution in [3.05, 3.63) is 29.1 Å². The minimum absolute atomic E-state index is 0.00480. The maximum absolute atomic E-state index is 11.2. The number of nitrogens with zero attached hydrogens (tertiary/aromatic N) is 2. The predicted octanol–water partition coefficient (Wildman–Crippen LogP) is 3.40. The minimum atomic E-state index is -0.804. The number of hydrogen-bond acceptors (Lipinski definition) is 2. The van der Waals surface area contributed by atoms with Crippen LogP contribution in [-0.2, 0) is 11.3 Å². The number of aliphatic carboxylic acids is 1. The summed E-state index contributed by atoms with van der Waals surface area (Å²) >= 11 is 0. The molecule has 3 rings (SSSR count). The number of aryl methyl sites for hydroxylation is 2. The molecular weight excluding hydrogens is 252 g/mol. The average molecular weight is 272 g/mol. The van der Waals surface area contributed by atoms with Crippen molar-refractivity contribution in [2.45, 2.75) is 52.0 Å². The van der Waals surface area contributed by atoms with E-state index in [9.17, 15) is 9.90 Å². The van der Waals surface area contributed by atoms with Gasteiger partial charge in [-0.3, -0.25) is 4.79 Å². The first-order chi connectivity index (χ1) is 9.56. The minimum Gasteiger partial charge on any atom is -0.480 e. The molecule has 1 N–H and O–H groups in total. The summed E-state index contributed by atoms with van der Waals surface area (Å²) in [6.07, 6.45) is 4.69. The zero-order chi connectivity index (χ0) is 14.3. The molecule has 1 aromatic heterocycles. The molecule has 1 fully saturated rings. The third-order valence-electron chi connectivity index (χ3n) is 4.41. The van der Waals surface area contributed by atoms with E-state index in [4.69, 9.17) is 4.98 Å². The number of carboxylic acids is 1. The van der Waals surface area contributed by atoms with Crippen molar-refractivity contribution in [1.29, 1.82) is 0 Å². The number of imidazole rings is 1. The van der Waals surface area contributed by atoms with E-state index in [0.29, 0.717) is 5.92 Å². The molecule has 0 saturated heterocycles. The van der Waals surface area contributed by atoms with Crippen LogP contribution in [0.5, 0.6) is 0 Å². The summed E-state index contributed by atoms with van der Waals surface area (Å²) < 4.78 is 1.90. The van der Waals surface area contributed by atoms with E-state index in [0.717, 1.165) is 29.7 Å². The van der Waals surface area contributed by atoms with E-state index in [1.165, 1.54) is 24.0 Å². The van der Waals surface area contributed by atoms with E-state index in [1.54, 1.807) is 0 Å². The molecule has 1 aliphatic carbocycles. The highest BCUT2D eigenvalue weighted by atomic mass is 16.4. The fourth-order valence-electron chi connectivity index (χ4n) is 3.20. The van der Waals surface area contributed by atoms with Crippen molar-refractivity contribution in [3.8, 4) is 0 Å². The summed E-state index contributed by atoms with van der Waals surface area (Å²) in [6, 6.07) is 4.14. The van der Waals surface area contributed by atoms with Gasteiger partial charge in [0.05, 0.1) is 11.0 Å². The molecular formula is C16H20N2O2. The SMILES string of the molecule is Cc1cc2nc(C3CCCC3)n(CC(=O)O)c2cc1C. The monoisotopic (exact) mass is 272 g/mol. The number of carboxylic acid groups (broad SMARTS) is 1. The topological polar surface area (TPSA) is 55.1 Å². The summed E-state index contributed by atoms with van der Waals surface area (Å²) in [5.74, 6) is 0.578. The van der Waals surface area contributed by atoms with Crippen LogP contribution in [-0.4, -0.2) is 20.6 Å². The van der Waals surface area contributed by atoms with Crippen molar-refractivity contribution in [2.75, 3.05) is 0 Å². The van der Waals surface area contributed by atoms with Crippen molar-refractivity contribution in [1.82, 2.24) is 9.55 Å². The summed E-state index contributed by atoms with van der Waals surface area (Å²) in [5, 5.41) is 9.19. The molecule has 4 heteroatoms. The van der Waals surface area contributed by atoms with Gasteiger partial charge in [-0.25, -0.2) is 4.98 Å². The van der Waals surface area contributed by atoms with Crippen LogP contribution in [0.15, 0.2) is 12.1 Å². The third kappa shape index (κ3) is 2.19. The van der Waals surface area contributed by atoms with Gasteiger partial charge in [-0.15, -0.1) is 0 Å². The fraction of sp³-hybridized carbons (Fsp3) is 0.500. The second-order valence-electron chi connectivity index (χ2n) is 5.86. The molecule has 0 aliphatic heterocycles. The van der Waals surface area contributed by atoms with E-state index < -0.39 is 5.97 Å². The number of carbonyl (C=O) groups is 1. The molecule has 20 heavy (non-hydrogen) atoms. The Labute approximate surface area is 118 Å². The number of hydrogen-bond donors (Lipinski definition) is 1. The number of rotatable bonds is 3. The molecule has 106 valence electrons. The van der Waals surface area contributed by atoms with Crippen molar-refractivity contribution in [2.24, 2.45) is 0 Å². The van der Waals surface area contributed by atoms with Gasteiger partial charge < -0.3 is 9.67 Å². The largest absolute Gasteiger partial charge is 0.480 e. The first-order valence-electron chi connectivity index (χ1n) is 7.25. The highest BCUT2D eigenvalue weighted by molar-refractivity contribution is 5.80. The van der Waals surface area contributed by atoms with E-state index in [2.05, 4.69) is 26.0 Å². The standard InChI is InChI=1S/C16H20N2O2/c1-10-7-13-14(8-11(10)2)18(9-15(19)20)16(17-13)12-5-3-4-6-12/h7-8,12H,3-6,9H2,1-2H3,(H,19,20). The Bertz CT molecular complexity index is 667. The lowest BCUT2D eigenvalue weighted by Gasteiger charge is -2.11. The van der Waals surface area contributed by atoms with Crippen LogP contribution in [0.3, 0.4) is 0 Å². The zero-order valence-corrected chi connectivity index (χ0v) is 12.0. The average Bonchev–Trinajstić information content (AvgIpc) is 2.99. The van der Waals surface area contributed by atoms with Crippen molar-refractivity contribution >= 4 is 17.0 Å². The maximum atomic E-state index is 11.2. The van der Waals surface area contributed by atoms with Crippen LogP contribution < -0.4 is 0 Å². The van der Waals surface area contributed by atoms with Gasteiger partial charge in [-0.05, 0) is 49.9 Å². The highest BCUT2D eigenvalue weighted by Crippen LogP contribution is 2.35. The molecule has 0 radical (unpaired) electrons. The summed E-state index contributed by atoms with van der Waals surface area (Å²) in [7, 11) is 0. The molecule has 0 bridgehead atoms. The lowest BCUT2D eigenvalue weighted by atomic mass is 10.1. The summed E-state index contributed by atoms with van der Waals surface area (Å²) in [6.45, 7) is 4.13. The summed E-state index contributed by atoms with van der Waals surface area (Å²) in [5.41, 5.74) is 4.27. The molecule has 1 aromatic carbocycles. The Morgan fingerprint density at radius 3 is 2.60 bits per heavy atom. The lowest BCUT2D eigenvalue weighted by Crippen LogP contribution is -2.13. The van der Waals surface area contributed by atoms with Crippen molar-refractivity contribution < 1.29 is 9.90 Å². The number of aromatic nitrogens is 2. The van der Waals surface area contributed by atoms with Crippen LogP contribution in [0.25, 0.3) is 11.0 Å². The first-order valence-corrected chi connectivity index (χ1v) is 7.25. The van der Waals surface area contributed by atoms with Crippen LogP contribution in [0.4, 0.5) is 0 Å².